The molecule has 1 aromatic carbocycles. The molecule has 2 nitrogen and oxygen atoms in total. The summed E-state index contributed by atoms with van der Waals surface area (Å²) in [5.74, 6) is 0. The maximum absolute atomic E-state index is 13.9. The number of thiophene rings is 1. The van der Waals surface area contributed by atoms with Crippen LogP contribution in [-0.4, -0.2) is 37.0 Å². The van der Waals surface area contributed by atoms with Gasteiger partial charge in [0, 0.05) is 19.0 Å². The van der Waals surface area contributed by atoms with Crippen molar-refractivity contribution in [2.45, 2.75) is 37.8 Å². The zero-order valence-electron chi connectivity index (χ0n) is 13.0. The van der Waals surface area contributed by atoms with Crippen molar-refractivity contribution >= 4 is 49.7 Å². The molecule has 132 valence electrons. The first-order valence-corrected chi connectivity index (χ1v) is 9.51. The van der Waals surface area contributed by atoms with E-state index in [-0.39, 0.29) is 6.04 Å². The number of anilines is 1. The third-order valence-electron chi connectivity index (χ3n) is 4.29. The molecular formula is C16H17F4IN2S. The Morgan fingerprint density at radius 3 is 2.79 bits per heavy atom. The van der Waals surface area contributed by atoms with Gasteiger partial charge in [0.05, 0.1) is 19.7 Å². The van der Waals surface area contributed by atoms with Crippen molar-refractivity contribution in [1.29, 1.82) is 0 Å². The third-order valence-corrected chi connectivity index (χ3v) is 6.67. The Labute approximate surface area is 155 Å². The molecule has 0 saturated carbocycles. The highest BCUT2D eigenvalue weighted by atomic mass is 127. The molecule has 0 bridgehead atoms. The number of nitrogens with zero attached hydrogens (tertiary/aromatic N) is 1. The van der Waals surface area contributed by atoms with Gasteiger partial charge in [-0.2, -0.15) is 13.2 Å². The molecule has 2 heterocycles. The SMILES string of the molecule is CN1CCC(Nc2cccc3c(CC(F)(F)F)c(I)sc23)CC1F. The topological polar surface area (TPSA) is 15.3 Å². The summed E-state index contributed by atoms with van der Waals surface area (Å²) in [6.07, 6.45) is -4.95. The number of halogens is 5. The van der Waals surface area contributed by atoms with E-state index < -0.39 is 18.9 Å². The van der Waals surface area contributed by atoms with Crippen LogP contribution < -0.4 is 5.32 Å². The van der Waals surface area contributed by atoms with Crippen molar-refractivity contribution in [2.75, 3.05) is 18.9 Å². The summed E-state index contributed by atoms with van der Waals surface area (Å²) in [4.78, 5) is 1.67. The number of hydrogen-bond acceptors (Lipinski definition) is 3. The molecule has 1 aromatic heterocycles. The molecule has 0 amide bonds. The lowest BCUT2D eigenvalue weighted by Gasteiger charge is -2.33. The van der Waals surface area contributed by atoms with E-state index in [9.17, 15) is 17.6 Å². The molecule has 0 radical (unpaired) electrons. The zero-order valence-corrected chi connectivity index (χ0v) is 15.9. The maximum atomic E-state index is 13.9. The number of benzene rings is 1. The van der Waals surface area contributed by atoms with Crippen molar-refractivity contribution in [3.05, 3.63) is 26.6 Å². The van der Waals surface area contributed by atoms with Crippen molar-refractivity contribution in [1.82, 2.24) is 4.90 Å². The van der Waals surface area contributed by atoms with Crippen molar-refractivity contribution < 1.29 is 17.6 Å². The minimum Gasteiger partial charge on any atom is -0.381 e. The third kappa shape index (κ3) is 3.96. The summed E-state index contributed by atoms with van der Waals surface area (Å²) >= 11 is 3.33. The number of alkyl halides is 4. The van der Waals surface area contributed by atoms with Gasteiger partial charge < -0.3 is 5.32 Å². The molecule has 0 spiro atoms. The largest absolute Gasteiger partial charge is 0.393 e. The molecule has 2 atom stereocenters. The number of nitrogens with one attached hydrogen (secondary N) is 1. The van der Waals surface area contributed by atoms with Crippen LogP contribution in [-0.2, 0) is 6.42 Å². The summed E-state index contributed by atoms with van der Waals surface area (Å²) in [6.45, 7) is 0.663. The van der Waals surface area contributed by atoms with E-state index in [1.54, 1.807) is 24.1 Å². The highest BCUT2D eigenvalue weighted by molar-refractivity contribution is 14.1. The van der Waals surface area contributed by atoms with E-state index >= 15 is 0 Å². The highest BCUT2D eigenvalue weighted by Gasteiger charge is 2.31. The van der Waals surface area contributed by atoms with Gasteiger partial charge in [-0.25, -0.2) is 4.39 Å². The number of hydrogen-bond donors (Lipinski definition) is 1. The molecule has 8 heteroatoms. The zero-order chi connectivity index (χ0) is 17.5. The fraction of sp³-hybridized carbons (Fsp3) is 0.500. The van der Waals surface area contributed by atoms with Gasteiger partial charge in [0.2, 0.25) is 0 Å². The van der Waals surface area contributed by atoms with Gasteiger partial charge in [0.15, 0.2) is 6.30 Å². The predicted molar refractivity (Wildman–Crippen MR) is 98.5 cm³/mol. The van der Waals surface area contributed by atoms with Gasteiger partial charge in [0.25, 0.3) is 0 Å². The van der Waals surface area contributed by atoms with E-state index in [1.807, 2.05) is 28.7 Å². The van der Waals surface area contributed by atoms with Gasteiger partial charge in [-0.15, -0.1) is 11.3 Å². The first-order chi connectivity index (χ1) is 11.2. The molecule has 2 unspecified atom stereocenters. The van der Waals surface area contributed by atoms with Crippen LogP contribution in [0.3, 0.4) is 0 Å². The Morgan fingerprint density at radius 2 is 2.12 bits per heavy atom. The Kier molecular flexibility index (Phi) is 5.27. The van der Waals surface area contributed by atoms with Crippen LogP contribution in [0.1, 0.15) is 18.4 Å². The lowest BCUT2D eigenvalue weighted by molar-refractivity contribution is -0.127. The van der Waals surface area contributed by atoms with Crippen LogP contribution in [0.15, 0.2) is 18.2 Å². The van der Waals surface area contributed by atoms with Crippen molar-refractivity contribution in [2.24, 2.45) is 0 Å². The average molecular weight is 472 g/mol. The summed E-state index contributed by atoms with van der Waals surface area (Å²) in [5.41, 5.74) is 1.13. The molecule has 1 saturated heterocycles. The number of likely N-dealkylation sites (tertiary alicyclic amines) is 1. The van der Waals surface area contributed by atoms with Gasteiger partial charge >= 0.3 is 6.18 Å². The minimum atomic E-state index is -4.23. The van der Waals surface area contributed by atoms with Crippen molar-refractivity contribution in [3.63, 3.8) is 0 Å². The maximum Gasteiger partial charge on any atom is 0.393 e. The smallest absolute Gasteiger partial charge is 0.381 e. The first kappa shape index (κ1) is 18.2. The molecule has 1 N–H and O–H groups in total. The molecule has 1 fully saturated rings. The van der Waals surface area contributed by atoms with Gasteiger partial charge in [0.1, 0.15) is 0 Å². The van der Waals surface area contributed by atoms with Gasteiger partial charge in [-0.3, -0.25) is 4.90 Å². The Balaban J connectivity index is 1.88. The summed E-state index contributed by atoms with van der Waals surface area (Å²) < 4.78 is 53.8. The van der Waals surface area contributed by atoms with Crippen LogP contribution in [0.4, 0.5) is 23.2 Å². The average Bonchev–Trinajstić information content (AvgIpc) is 2.79. The Hall–Kier alpha value is -0.610. The molecular weight excluding hydrogens is 455 g/mol. The summed E-state index contributed by atoms with van der Waals surface area (Å²) in [6, 6.07) is 5.34. The number of piperidine rings is 1. The number of rotatable bonds is 3. The Bertz CT molecular complexity index is 731. The van der Waals surface area contributed by atoms with Crippen LogP contribution in [0.5, 0.6) is 0 Å². The quantitative estimate of drug-likeness (QED) is 0.365. The molecule has 2 aromatic rings. The lowest BCUT2D eigenvalue weighted by atomic mass is 10.0. The van der Waals surface area contributed by atoms with Gasteiger partial charge in [-0.1, -0.05) is 12.1 Å². The number of fused-ring (bicyclic) bond motifs is 1. The standard InChI is InChI=1S/C16H17F4IN2S/c1-23-6-5-9(7-13(23)17)22-12-4-2-3-10-11(8-16(18,19)20)15(21)24-14(10)12/h2-4,9,13,22H,5-8H2,1H3. The molecule has 0 aliphatic carbocycles. The fourth-order valence-electron chi connectivity index (χ4n) is 3.00. The van der Waals surface area contributed by atoms with E-state index in [2.05, 4.69) is 5.32 Å². The van der Waals surface area contributed by atoms with Crippen LogP contribution >= 0.6 is 33.9 Å². The Morgan fingerprint density at radius 1 is 1.38 bits per heavy atom. The van der Waals surface area contributed by atoms with E-state index in [1.165, 1.54) is 11.3 Å². The minimum absolute atomic E-state index is 0.00683. The monoisotopic (exact) mass is 472 g/mol. The molecule has 3 rings (SSSR count). The van der Waals surface area contributed by atoms with Crippen LogP contribution in [0, 0.1) is 2.88 Å². The fourth-order valence-corrected chi connectivity index (χ4v) is 5.17. The molecule has 1 aliphatic heterocycles. The van der Waals surface area contributed by atoms with E-state index in [0.717, 1.165) is 16.8 Å². The first-order valence-electron chi connectivity index (χ1n) is 7.62. The molecule has 24 heavy (non-hydrogen) atoms. The lowest BCUT2D eigenvalue weighted by Crippen LogP contribution is -2.41. The summed E-state index contributed by atoms with van der Waals surface area (Å²) in [7, 11) is 1.76. The highest BCUT2D eigenvalue weighted by Crippen LogP contribution is 2.40. The normalized spacial score (nSPS) is 22.9. The second-order valence-corrected chi connectivity index (χ2v) is 8.94. The second kappa shape index (κ2) is 6.95. The van der Waals surface area contributed by atoms with Crippen molar-refractivity contribution in [3.8, 4) is 0 Å². The van der Waals surface area contributed by atoms with Crippen LogP contribution in [0.25, 0.3) is 10.1 Å². The van der Waals surface area contributed by atoms with E-state index in [0.29, 0.717) is 26.8 Å². The van der Waals surface area contributed by atoms with Crippen LogP contribution in [0.2, 0.25) is 0 Å². The van der Waals surface area contributed by atoms with E-state index in [4.69, 9.17) is 0 Å². The second-order valence-electron chi connectivity index (χ2n) is 6.11. The summed E-state index contributed by atoms with van der Waals surface area (Å²) in [5, 5.41) is 3.97. The molecule has 1 aliphatic rings. The van der Waals surface area contributed by atoms with Gasteiger partial charge in [-0.05, 0) is 53.1 Å². The predicted octanol–water partition coefficient (Wildman–Crippen LogP) is 5.41.